The summed E-state index contributed by atoms with van der Waals surface area (Å²) in [6.07, 6.45) is 1.30. The molecule has 1 saturated heterocycles. The van der Waals surface area contributed by atoms with Gasteiger partial charge in [0.15, 0.2) is 11.5 Å². The summed E-state index contributed by atoms with van der Waals surface area (Å²) in [5.74, 6) is -0.812. The highest BCUT2D eigenvalue weighted by Crippen LogP contribution is 2.32. The molecule has 0 spiro atoms. The SMILES string of the molecule is COC(=O)C1CCCN1C(=O)c1cccc(OC)c1O. The van der Waals surface area contributed by atoms with Crippen LogP contribution in [0.2, 0.25) is 0 Å². The zero-order valence-electron chi connectivity index (χ0n) is 11.5. The van der Waals surface area contributed by atoms with Crippen molar-refractivity contribution in [1.82, 2.24) is 4.90 Å². The zero-order chi connectivity index (χ0) is 14.7. The van der Waals surface area contributed by atoms with Crippen LogP contribution < -0.4 is 4.74 Å². The molecular formula is C14H17NO5. The first kappa shape index (κ1) is 14.2. The molecule has 1 aromatic carbocycles. The minimum atomic E-state index is -0.585. The lowest BCUT2D eigenvalue weighted by Crippen LogP contribution is -2.41. The van der Waals surface area contributed by atoms with Crippen LogP contribution in [0.5, 0.6) is 11.5 Å². The molecular weight excluding hydrogens is 262 g/mol. The lowest BCUT2D eigenvalue weighted by Gasteiger charge is -2.23. The van der Waals surface area contributed by atoms with E-state index in [2.05, 4.69) is 0 Å². The Hall–Kier alpha value is -2.24. The summed E-state index contributed by atoms with van der Waals surface area (Å²) >= 11 is 0. The van der Waals surface area contributed by atoms with E-state index in [1.165, 1.54) is 25.2 Å². The second-order valence-corrected chi connectivity index (χ2v) is 4.54. The monoisotopic (exact) mass is 279 g/mol. The summed E-state index contributed by atoms with van der Waals surface area (Å²) in [5, 5.41) is 10.0. The Morgan fingerprint density at radius 1 is 1.35 bits per heavy atom. The third-order valence-corrected chi connectivity index (χ3v) is 3.44. The number of ether oxygens (including phenoxy) is 2. The van der Waals surface area contributed by atoms with Gasteiger partial charge >= 0.3 is 5.97 Å². The molecule has 1 aliphatic rings. The second-order valence-electron chi connectivity index (χ2n) is 4.54. The van der Waals surface area contributed by atoms with E-state index in [9.17, 15) is 14.7 Å². The molecule has 108 valence electrons. The number of methoxy groups -OCH3 is 2. The van der Waals surface area contributed by atoms with Gasteiger partial charge in [0.1, 0.15) is 6.04 Å². The third kappa shape index (κ3) is 2.41. The van der Waals surface area contributed by atoms with Gasteiger partial charge in [-0.2, -0.15) is 0 Å². The third-order valence-electron chi connectivity index (χ3n) is 3.44. The fourth-order valence-corrected chi connectivity index (χ4v) is 2.41. The van der Waals surface area contributed by atoms with Gasteiger partial charge < -0.3 is 19.5 Å². The van der Waals surface area contributed by atoms with E-state index in [4.69, 9.17) is 9.47 Å². The average molecular weight is 279 g/mol. The molecule has 1 N–H and O–H groups in total. The lowest BCUT2D eigenvalue weighted by atomic mass is 10.1. The predicted octanol–water partition coefficient (Wildman–Crippen LogP) is 1.18. The minimum Gasteiger partial charge on any atom is -0.504 e. The van der Waals surface area contributed by atoms with Gasteiger partial charge in [-0.1, -0.05) is 6.07 Å². The van der Waals surface area contributed by atoms with Gasteiger partial charge in [0.2, 0.25) is 0 Å². The fourth-order valence-electron chi connectivity index (χ4n) is 2.41. The van der Waals surface area contributed by atoms with E-state index in [1.54, 1.807) is 12.1 Å². The van der Waals surface area contributed by atoms with Crippen molar-refractivity contribution >= 4 is 11.9 Å². The fraction of sp³-hybridized carbons (Fsp3) is 0.429. The van der Waals surface area contributed by atoms with Crippen molar-refractivity contribution < 1.29 is 24.2 Å². The number of phenols is 1. The van der Waals surface area contributed by atoms with Crippen molar-refractivity contribution in [3.05, 3.63) is 23.8 Å². The molecule has 20 heavy (non-hydrogen) atoms. The molecule has 6 nitrogen and oxygen atoms in total. The number of phenolic OH excluding ortho intramolecular Hbond substituents is 1. The van der Waals surface area contributed by atoms with Gasteiger partial charge in [0.05, 0.1) is 19.8 Å². The molecule has 1 atom stereocenters. The first-order chi connectivity index (χ1) is 9.60. The molecule has 1 fully saturated rings. The predicted molar refractivity (Wildman–Crippen MR) is 70.7 cm³/mol. The second kappa shape index (κ2) is 5.81. The number of hydrogen-bond acceptors (Lipinski definition) is 5. The van der Waals surface area contributed by atoms with Gasteiger partial charge in [-0.25, -0.2) is 4.79 Å². The van der Waals surface area contributed by atoms with Crippen LogP contribution in [-0.2, 0) is 9.53 Å². The molecule has 0 bridgehead atoms. The topological polar surface area (TPSA) is 76.1 Å². The van der Waals surface area contributed by atoms with Crippen LogP contribution in [0.1, 0.15) is 23.2 Å². The highest BCUT2D eigenvalue weighted by Gasteiger charge is 2.36. The average Bonchev–Trinajstić information content (AvgIpc) is 2.95. The van der Waals surface area contributed by atoms with E-state index in [0.717, 1.165) is 6.42 Å². The number of hydrogen-bond donors (Lipinski definition) is 1. The Balaban J connectivity index is 2.29. The van der Waals surface area contributed by atoms with Crippen molar-refractivity contribution in [3.63, 3.8) is 0 Å². The number of likely N-dealkylation sites (tertiary alicyclic amines) is 1. The summed E-state index contributed by atoms with van der Waals surface area (Å²) in [5.41, 5.74) is 0.125. The van der Waals surface area contributed by atoms with E-state index < -0.39 is 17.9 Å². The summed E-state index contributed by atoms with van der Waals surface area (Å²) in [4.78, 5) is 25.6. The number of carbonyl (C=O) groups excluding carboxylic acids is 2. The van der Waals surface area contributed by atoms with Crippen LogP contribution in [0.4, 0.5) is 0 Å². The van der Waals surface area contributed by atoms with Crippen molar-refractivity contribution in [2.24, 2.45) is 0 Å². The molecule has 0 radical (unpaired) electrons. The molecule has 6 heteroatoms. The molecule has 1 heterocycles. The van der Waals surface area contributed by atoms with Gasteiger partial charge in [0, 0.05) is 6.54 Å². The minimum absolute atomic E-state index is 0.125. The van der Waals surface area contributed by atoms with Crippen molar-refractivity contribution in [2.45, 2.75) is 18.9 Å². The number of benzene rings is 1. The van der Waals surface area contributed by atoms with Gasteiger partial charge in [0.25, 0.3) is 5.91 Å². The van der Waals surface area contributed by atoms with Crippen LogP contribution in [-0.4, -0.2) is 48.7 Å². The molecule has 0 aromatic heterocycles. The maximum Gasteiger partial charge on any atom is 0.328 e. The Morgan fingerprint density at radius 2 is 2.10 bits per heavy atom. The maximum absolute atomic E-state index is 12.5. The van der Waals surface area contributed by atoms with Crippen molar-refractivity contribution in [2.75, 3.05) is 20.8 Å². The molecule has 1 amide bonds. The van der Waals surface area contributed by atoms with E-state index >= 15 is 0 Å². The molecule has 1 unspecified atom stereocenters. The Labute approximate surface area is 116 Å². The lowest BCUT2D eigenvalue weighted by molar-refractivity contribution is -0.145. The first-order valence-electron chi connectivity index (χ1n) is 6.35. The van der Waals surface area contributed by atoms with Crippen molar-refractivity contribution in [1.29, 1.82) is 0 Å². The number of esters is 1. The summed E-state index contributed by atoms with van der Waals surface area (Å²) in [7, 11) is 2.71. The molecule has 1 aliphatic heterocycles. The van der Waals surface area contributed by atoms with E-state index in [1.807, 2.05) is 0 Å². The maximum atomic E-state index is 12.5. The van der Waals surface area contributed by atoms with Gasteiger partial charge in [-0.15, -0.1) is 0 Å². The molecule has 1 aromatic rings. The number of nitrogens with zero attached hydrogens (tertiary/aromatic N) is 1. The summed E-state index contributed by atoms with van der Waals surface area (Å²) < 4.78 is 9.69. The molecule has 0 aliphatic carbocycles. The van der Waals surface area contributed by atoms with Crippen molar-refractivity contribution in [3.8, 4) is 11.5 Å². The highest BCUT2D eigenvalue weighted by atomic mass is 16.5. The number of aromatic hydroxyl groups is 1. The zero-order valence-corrected chi connectivity index (χ0v) is 11.5. The number of carbonyl (C=O) groups is 2. The number of rotatable bonds is 3. The van der Waals surface area contributed by atoms with Crippen LogP contribution in [0.3, 0.4) is 0 Å². The summed E-state index contributed by atoms with van der Waals surface area (Å²) in [6.45, 7) is 0.468. The Morgan fingerprint density at radius 3 is 2.75 bits per heavy atom. The quantitative estimate of drug-likeness (QED) is 0.841. The first-order valence-corrected chi connectivity index (χ1v) is 6.35. The van der Waals surface area contributed by atoms with E-state index in [-0.39, 0.29) is 17.1 Å². The van der Waals surface area contributed by atoms with Crippen LogP contribution in [0, 0.1) is 0 Å². The smallest absolute Gasteiger partial charge is 0.328 e. The normalized spacial score (nSPS) is 17.9. The van der Waals surface area contributed by atoms with Gasteiger partial charge in [-0.3, -0.25) is 4.79 Å². The Bertz CT molecular complexity index is 528. The number of para-hydroxylation sites is 1. The van der Waals surface area contributed by atoms with Crippen LogP contribution in [0.15, 0.2) is 18.2 Å². The molecule has 2 rings (SSSR count). The summed E-state index contributed by atoms with van der Waals surface area (Å²) in [6, 6.07) is 4.11. The highest BCUT2D eigenvalue weighted by molar-refractivity contribution is 6.00. The largest absolute Gasteiger partial charge is 0.504 e. The van der Waals surface area contributed by atoms with Crippen LogP contribution in [0.25, 0.3) is 0 Å². The Kier molecular flexibility index (Phi) is 4.12. The van der Waals surface area contributed by atoms with Crippen LogP contribution >= 0.6 is 0 Å². The number of amides is 1. The standard InChI is InChI=1S/C14H17NO5/c1-19-11-7-3-5-9(12(11)16)13(17)15-8-4-6-10(15)14(18)20-2/h3,5,7,10,16H,4,6,8H2,1-2H3. The molecule has 0 saturated carbocycles. The van der Waals surface area contributed by atoms with Gasteiger partial charge in [-0.05, 0) is 25.0 Å². The van der Waals surface area contributed by atoms with E-state index in [0.29, 0.717) is 13.0 Å².